The summed E-state index contributed by atoms with van der Waals surface area (Å²) < 4.78 is 72.9. The van der Waals surface area contributed by atoms with E-state index in [1.807, 2.05) is 67.2 Å². The molecule has 3 aromatic carbocycles. The molecule has 1 heterocycles. The molecule has 0 bridgehead atoms. The van der Waals surface area contributed by atoms with E-state index in [0.29, 0.717) is 58.5 Å². The summed E-state index contributed by atoms with van der Waals surface area (Å²) in [5.41, 5.74) is 3.90. The first kappa shape index (κ1) is 37.2. The van der Waals surface area contributed by atoms with E-state index in [1.165, 1.54) is 7.11 Å². The van der Waals surface area contributed by atoms with Crippen molar-refractivity contribution < 1.29 is 49.8 Å². The first-order valence-corrected chi connectivity index (χ1v) is 18.9. The van der Waals surface area contributed by atoms with Crippen LogP contribution >= 0.6 is 0 Å². The lowest BCUT2D eigenvalue weighted by Gasteiger charge is -2.29. The second kappa shape index (κ2) is 15.3. The molecular weight excluding hydrogens is 659 g/mol. The van der Waals surface area contributed by atoms with E-state index in [9.17, 15) is 26.7 Å². The minimum absolute atomic E-state index is 0.105. The van der Waals surface area contributed by atoms with Gasteiger partial charge in [-0.05, 0) is 49.2 Å². The van der Waals surface area contributed by atoms with Crippen LogP contribution in [-0.4, -0.2) is 89.3 Å². The number of sulfonamides is 1. The van der Waals surface area contributed by atoms with Crippen molar-refractivity contribution in [3.8, 4) is 5.75 Å². The molecule has 0 fully saturated rings. The number of esters is 1. The van der Waals surface area contributed by atoms with Crippen molar-refractivity contribution in [1.82, 2.24) is 4.72 Å². The van der Waals surface area contributed by atoms with E-state index >= 15 is 0 Å². The number of rotatable bonds is 16. The number of methoxy groups -OCH3 is 1. The van der Waals surface area contributed by atoms with Crippen LogP contribution in [0.4, 0.5) is 0 Å². The van der Waals surface area contributed by atoms with Crippen LogP contribution < -0.4 is 14.0 Å². The van der Waals surface area contributed by atoms with Gasteiger partial charge < -0.3 is 19.1 Å². The van der Waals surface area contributed by atoms with Crippen LogP contribution in [0.15, 0.2) is 60.7 Å². The van der Waals surface area contributed by atoms with Gasteiger partial charge in [0.15, 0.2) is 6.54 Å². The molecule has 260 valence electrons. The summed E-state index contributed by atoms with van der Waals surface area (Å²) >= 11 is 0. The van der Waals surface area contributed by atoms with Gasteiger partial charge in [0.2, 0.25) is 27.3 Å². The van der Waals surface area contributed by atoms with Gasteiger partial charge in [-0.25, -0.2) is 17.9 Å². The zero-order valence-corrected chi connectivity index (χ0v) is 29.6. The summed E-state index contributed by atoms with van der Waals surface area (Å²) in [6.07, 6.45) is -0.761. The Balaban J connectivity index is 1.53. The molecule has 0 aliphatic heterocycles. The molecule has 1 aromatic heterocycles. The topological polar surface area (TPSA) is 160 Å². The molecule has 0 amide bonds. The number of aryl methyl sites for hydroxylation is 3. The Morgan fingerprint density at radius 2 is 1.46 bits per heavy atom. The van der Waals surface area contributed by atoms with Crippen molar-refractivity contribution in [1.29, 1.82) is 0 Å². The van der Waals surface area contributed by atoms with Crippen molar-refractivity contribution in [2.24, 2.45) is 0 Å². The lowest BCUT2D eigenvalue weighted by molar-refractivity contribution is -0.889. The number of ether oxygens (including phenoxy) is 2. The number of aliphatic hydroxyl groups excluding tert-OH is 1. The fraction of sp³-hybridized carbons (Fsp3) is 0.412. The van der Waals surface area contributed by atoms with E-state index < -0.39 is 32.4 Å². The van der Waals surface area contributed by atoms with Crippen molar-refractivity contribution in [2.75, 3.05) is 52.3 Å². The summed E-state index contributed by atoms with van der Waals surface area (Å²) in [6, 6.07) is 18.5. The number of nitrogens with one attached hydrogen (secondary N) is 1. The summed E-state index contributed by atoms with van der Waals surface area (Å²) in [5.74, 6) is -0.443. The van der Waals surface area contributed by atoms with Gasteiger partial charge in [0.05, 0.1) is 68.7 Å². The molecule has 0 aliphatic carbocycles. The highest BCUT2D eigenvalue weighted by atomic mass is 32.2. The molecule has 14 heteroatoms. The number of likely N-dealkylation sites (N-methyl/N-ethyl adjacent to an activating group) is 1. The van der Waals surface area contributed by atoms with E-state index in [-0.39, 0.29) is 24.5 Å². The highest BCUT2D eigenvalue weighted by Gasteiger charge is 2.27. The molecule has 3 N–H and O–H groups in total. The fourth-order valence-electron chi connectivity index (χ4n) is 5.97. The van der Waals surface area contributed by atoms with Crippen LogP contribution in [0.1, 0.15) is 46.2 Å². The Bertz CT molecular complexity index is 1930. The van der Waals surface area contributed by atoms with Crippen LogP contribution in [-0.2, 0) is 31.4 Å². The number of hydrogen-bond acceptors (Lipinski definition) is 8. The van der Waals surface area contributed by atoms with Crippen molar-refractivity contribution in [2.45, 2.75) is 39.5 Å². The zero-order chi connectivity index (χ0) is 35.3. The molecule has 0 radical (unpaired) electrons. The van der Waals surface area contributed by atoms with Gasteiger partial charge in [-0.2, -0.15) is 13.0 Å². The Kier molecular flexibility index (Phi) is 11.8. The summed E-state index contributed by atoms with van der Waals surface area (Å²) in [6.45, 7) is 5.10. The molecule has 0 spiro atoms. The smallest absolute Gasteiger partial charge is 0.337 e. The number of hydrogen-bond donors (Lipinski definition) is 3. The highest BCUT2D eigenvalue weighted by molar-refractivity contribution is 7.89. The van der Waals surface area contributed by atoms with Gasteiger partial charge in [0.1, 0.15) is 5.75 Å². The number of benzene rings is 3. The number of para-hydroxylation sites is 2. The number of pyridine rings is 1. The molecule has 4 rings (SSSR count). The molecule has 1 unspecified atom stereocenters. The Hall–Kier alpha value is -3.66. The minimum atomic E-state index is -4.03. The number of nitrogens with zero attached hydrogens (tertiary/aromatic N) is 2. The molecule has 0 aliphatic rings. The fourth-order valence-corrected chi connectivity index (χ4v) is 7.52. The van der Waals surface area contributed by atoms with Gasteiger partial charge >= 0.3 is 5.97 Å². The van der Waals surface area contributed by atoms with Crippen molar-refractivity contribution in [3.63, 3.8) is 0 Å². The SMILES string of the molecule is COC(=O)c1cc(C)c(OC(O)c2c3ccccc3[n+](CCCS(=O)(=O)NCC[N+](C)(C)CCCS(=O)(=O)O)c3ccccc23)c(C)c1. The first-order valence-electron chi connectivity index (χ1n) is 15.6. The summed E-state index contributed by atoms with van der Waals surface area (Å²) in [7, 11) is -2.56. The molecule has 0 saturated carbocycles. The second-order valence-corrected chi connectivity index (χ2v) is 16.1. The van der Waals surface area contributed by atoms with E-state index in [2.05, 4.69) is 4.72 Å². The second-order valence-electron chi connectivity index (χ2n) is 12.6. The number of aromatic nitrogens is 1. The van der Waals surface area contributed by atoms with Gasteiger partial charge in [0.25, 0.3) is 10.1 Å². The molecule has 12 nitrogen and oxygen atoms in total. The monoisotopic (exact) mass is 703 g/mol. The third kappa shape index (κ3) is 9.49. The highest BCUT2D eigenvalue weighted by Crippen LogP contribution is 2.34. The third-order valence-electron chi connectivity index (χ3n) is 8.33. The van der Waals surface area contributed by atoms with Crippen LogP contribution in [0.3, 0.4) is 0 Å². The van der Waals surface area contributed by atoms with E-state index in [4.69, 9.17) is 14.0 Å². The third-order valence-corrected chi connectivity index (χ3v) is 10.6. The molecule has 1 atom stereocenters. The molecule has 0 saturated heterocycles. The van der Waals surface area contributed by atoms with Gasteiger partial charge in [-0.15, -0.1) is 0 Å². The van der Waals surface area contributed by atoms with Crippen LogP contribution in [0.5, 0.6) is 5.75 Å². The van der Waals surface area contributed by atoms with Crippen LogP contribution in [0.2, 0.25) is 0 Å². The molecule has 4 aromatic rings. The Morgan fingerprint density at radius 3 is 2.00 bits per heavy atom. The number of fused-ring (bicyclic) bond motifs is 2. The van der Waals surface area contributed by atoms with Gasteiger partial charge in [0, 0.05) is 30.5 Å². The maximum Gasteiger partial charge on any atom is 0.337 e. The number of carbonyl (C=O) groups is 1. The van der Waals surface area contributed by atoms with E-state index in [1.54, 1.807) is 26.0 Å². The normalized spacial score (nSPS) is 13.1. The van der Waals surface area contributed by atoms with Crippen molar-refractivity contribution >= 4 is 47.9 Å². The average molecular weight is 704 g/mol. The number of quaternary nitrogens is 1. The molecule has 48 heavy (non-hydrogen) atoms. The average Bonchev–Trinajstić information content (AvgIpc) is 3.00. The van der Waals surface area contributed by atoms with Crippen LogP contribution in [0, 0.1) is 13.8 Å². The lowest BCUT2D eigenvalue weighted by Crippen LogP contribution is -2.46. The van der Waals surface area contributed by atoms with Crippen LogP contribution in [0.25, 0.3) is 21.8 Å². The van der Waals surface area contributed by atoms with Gasteiger partial charge in [-0.3, -0.25) is 4.55 Å². The van der Waals surface area contributed by atoms with Gasteiger partial charge in [-0.1, -0.05) is 24.3 Å². The number of carbonyl (C=O) groups excluding carboxylic acids is 1. The maximum atomic E-state index is 12.9. The lowest BCUT2D eigenvalue weighted by atomic mass is 10.0. The standard InChI is InChI=1S/C34H44N3O9S2/c1-24-22-26(33(38)45-5)23-25(2)32(24)46-34(39)31-27-12-6-8-14-29(27)36(30-15-9-7-13-28(30)31)17-10-20-47(40,41)35-16-19-37(3,4)18-11-21-48(42,43)44/h6-9,12-15,22-23,34-35,39H,10-11,16-21H2,1-5H3/q+1/p+1. The Morgan fingerprint density at radius 1 is 0.896 bits per heavy atom. The summed E-state index contributed by atoms with van der Waals surface area (Å²) in [4.78, 5) is 12.1. The minimum Gasteiger partial charge on any atom is -0.465 e. The largest absolute Gasteiger partial charge is 0.465 e. The zero-order valence-electron chi connectivity index (χ0n) is 28.0. The molecular formula is C34H45N3O9S2+2. The number of aliphatic hydroxyl groups is 1. The predicted octanol–water partition coefficient (Wildman–Crippen LogP) is 3.42. The van der Waals surface area contributed by atoms with Crippen molar-refractivity contribution in [3.05, 3.63) is 82.9 Å². The maximum absolute atomic E-state index is 12.9. The quantitative estimate of drug-likeness (QED) is 0.0397. The summed E-state index contributed by atoms with van der Waals surface area (Å²) in [5, 5.41) is 13.1. The van der Waals surface area contributed by atoms with E-state index in [0.717, 1.165) is 21.8 Å². The Labute approximate surface area is 282 Å². The predicted molar refractivity (Wildman–Crippen MR) is 184 cm³/mol. The first-order chi connectivity index (χ1) is 22.5.